The van der Waals surface area contributed by atoms with Gasteiger partial charge in [0.15, 0.2) is 0 Å². The Morgan fingerprint density at radius 1 is 0.610 bits per heavy atom. The lowest BCUT2D eigenvalue weighted by Crippen LogP contribution is -2.34. The highest BCUT2D eigenvalue weighted by molar-refractivity contribution is 5.72. The normalized spacial score (nSPS) is 12.2. The van der Waals surface area contributed by atoms with Gasteiger partial charge in [-0.05, 0) is 29.5 Å². The molecule has 222 valence electrons. The molecule has 6 nitrogen and oxygen atoms in total. The van der Waals surface area contributed by atoms with Crippen molar-refractivity contribution in [2.45, 2.75) is 45.1 Å². The molecule has 0 saturated carbocycles. The van der Waals surface area contributed by atoms with Crippen LogP contribution in [-0.4, -0.2) is 58.8 Å². The molecule has 3 aromatic rings. The molecule has 3 rings (SSSR count). The molecule has 0 fully saturated rings. The fourth-order valence-electron chi connectivity index (χ4n) is 4.82. The SMILES string of the molecule is CCCCC(CC)C(=O)OCCOCCOCCOCCOC(c1ccccc1)(c1ccccc1)c1ccccc1. The maximum atomic E-state index is 12.1. The van der Waals surface area contributed by atoms with Crippen molar-refractivity contribution in [3.8, 4) is 0 Å². The molecular formula is C35H46O6. The summed E-state index contributed by atoms with van der Waals surface area (Å²) in [7, 11) is 0. The Hall–Kier alpha value is -3.03. The van der Waals surface area contributed by atoms with Crippen molar-refractivity contribution in [3.63, 3.8) is 0 Å². The maximum absolute atomic E-state index is 12.1. The summed E-state index contributed by atoms with van der Waals surface area (Å²) in [5.74, 6) is -0.120. The van der Waals surface area contributed by atoms with Crippen molar-refractivity contribution in [3.05, 3.63) is 108 Å². The van der Waals surface area contributed by atoms with Crippen LogP contribution in [0.1, 0.15) is 56.2 Å². The van der Waals surface area contributed by atoms with E-state index < -0.39 is 5.60 Å². The molecule has 0 spiro atoms. The van der Waals surface area contributed by atoms with E-state index >= 15 is 0 Å². The molecule has 3 aromatic carbocycles. The van der Waals surface area contributed by atoms with Crippen LogP contribution in [0.15, 0.2) is 91.0 Å². The lowest BCUT2D eigenvalue weighted by atomic mass is 9.80. The monoisotopic (exact) mass is 562 g/mol. The average molecular weight is 563 g/mol. The third-order valence-corrected chi connectivity index (χ3v) is 7.04. The van der Waals surface area contributed by atoms with E-state index in [9.17, 15) is 4.79 Å². The van der Waals surface area contributed by atoms with Crippen LogP contribution in [0.2, 0.25) is 0 Å². The molecule has 0 N–H and O–H groups in total. The molecule has 6 heteroatoms. The number of carbonyl (C=O) groups is 1. The highest BCUT2D eigenvalue weighted by Gasteiger charge is 2.37. The van der Waals surface area contributed by atoms with Gasteiger partial charge in [-0.15, -0.1) is 0 Å². The predicted molar refractivity (Wildman–Crippen MR) is 162 cm³/mol. The number of rotatable bonds is 21. The van der Waals surface area contributed by atoms with Gasteiger partial charge in [0.05, 0.1) is 52.2 Å². The number of hydrogen-bond donors (Lipinski definition) is 0. The highest BCUT2D eigenvalue weighted by Crippen LogP contribution is 2.40. The van der Waals surface area contributed by atoms with Crippen LogP contribution in [-0.2, 0) is 34.1 Å². The van der Waals surface area contributed by atoms with Gasteiger partial charge in [0.25, 0.3) is 0 Å². The second-order valence-corrected chi connectivity index (χ2v) is 9.88. The van der Waals surface area contributed by atoms with Crippen LogP contribution < -0.4 is 0 Å². The number of hydrogen-bond acceptors (Lipinski definition) is 6. The lowest BCUT2D eigenvalue weighted by Gasteiger charge is -2.36. The summed E-state index contributed by atoms with van der Waals surface area (Å²) < 4.78 is 29.0. The van der Waals surface area contributed by atoms with E-state index in [1.807, 2.05) is 61.5 Å². The highest BCUT2D eigenvalue weighted by atomic mass is 16.6. The van der Waals surface area contributed by atoms with E-state index in [2.05, 4.69) is 43.3 Å². The summed E-state index contributed by atoms with van der Waals surface area (Å²) in [4.78, 5) is 12.1. The molecule has 0 aromatic heterocycles. The Morgan fingerprint density at radius 3 is 1.44 bits per heavy atom. The van der Waals surface area contributed by atoms with Gasteiger partial charge < -0.3 is 23.7 Å². The number of carbonyl (C=O) groups excluding carboxylic acids is 1. The van der Waals surface area contributed by atoms with Gasteiger partial charge in [0.1, 0.15) is 12.2 Å². The lowest BCUT2D eigenvalue weighted by molar-refractivity contribution is -0.150. The molecule has 0 aliphatic rings. The van der Waals surface area contributed by atoms with E-state index in [1.54, 1.807) is 0 Å². The van der Waals surface area contributed by atoms with Crippen molar-refractivity contribution in [2.24, 2.45) is 5.92 Å². The van der Waals surface area contributed by atoms with Gasteiger partial charge in [0.2, 0.25) is 0 Å². The van der Waals surface area contributed by atoms with Crippen LogP contribution in [0.25, 0.3) is 0 Å². The van der Waals surface area contributed by atoms with Gasteiger partial charge in [-0.25, -0.2) is 0 Å². The second-order valence-electron chi connectivity index (χ2n) is 9.88. The zero-order valence-corrected chi connectivity index (χ0v) is 24.7. The Bertz CT molecular complexity index is 977. The number of esters is 1. The standard InChI is InChI=1S/C35H46O6/c1-3-5-15-30(4-2)34(36)40-28-26-38-24-22-37-23-25-39-27-29-41-35(31-16-9-6-10-17-31,32-18-11-7-12-19-32)33-20-13-8-14-21-33/h6-14,16-21,30H,3-5,15,22-29H2,1-2H3. The molecule has 0 amide bonds. The molecule has 41 heavy (non-hydrogen) atoms. The molecule has 1 atom stereocenters. The predicted octanol–water partition coefficient (Wildman–Crippen LogP) is 6.80. The van der Waals surface area contributed by atoms with Crippen LogP contribution in [0, 0.1) is 5.92 Å². The molecule has 0 radical (unpaired) electrons. The Labute approximate surface area is 245 Å². The van der Waals surface area contributed by atoms with E-state index in [-0.39, 0.29) is 18.5 Å². The maximum Gasteiger partial charge on any atom is 0.308 e. The van der Waals surface area contributed by atoms with Crippen LogP contribution >= 0.6 is 0 Å². The van der Waals surface area contributed by atoms with Gasteiger partial charge in [-0.2, -0.15) is 0 Å². The van der Waals surface area contributed by atoms with E-state index in [4.69, 9.17) is 23.7 Å². The third kappa shape index (κ3) is 10.4. The summed E-state index contributed by atoms with van der Waals surface area (Å²) >= 11 is 0. The first-order valence-electron chi connectivity index (χ1n) is 14.9. The molecule has 0 aliphatic carbocycles. The third-order valence-electron chi connectivity index (χ3n) is 7.04. The van der Waals surface area contributed by atoms with E-state index in [1.165, 1.54) is 0 Å². The fraction of sp³-hybridized carbons (Fsp3) is 0.457. The number of benzene rings is 3. The molecular weight excluding hydrogens is 516 g/mol. The molecule has 0 aliphatic heterocycles. The minimum atomic E-state index is -0.748. The van der Waals surface area contributed by atoms with E-state index in [0.29, 0.717) is 46.2 Å². The van der Waals surface area contributed by atoms with Gasteiger partial charge in [-0.3, -0.25) is 4.79 Å². The average Bonchev–Trinajstić information content (AvgIpc) is 3.03. The van der Waals surface area contributed by atoms with Crippen molar-refractivity contribution < 1.29 is 28.5 Å². The van der Waals surface area contributed by atoms with Crippen molar-refractivity contribution in [1.82, 2.24) is 0 Å². The molecule has 0 heterocycles. The first-order chi connectivity index (χ1) is 20.2. The first-order valence-corrected chi connectivity index (χ1v) is 14.9. The van der Waals surface area contributed by atoms with E-state index in [0.717, 1.165) is 42.4 Å². The molecule has 0 saturated heterocycles. The van der Waals surface area contributed by atoms with Crippen LogP contribution in [0.4, 0.5) is 0 Å². The Balaban J connectivity index is 1.36. The zero-order chi connectivity index (χ0) is 29.0. The smallest absolute Gasteiger partial charge is 0.308 e. The van der Waals surface area contributed by atoms with Gasteiger partial charge >= 0.3 is 5.97 Å². The summed E-state index contributed by atoms with van der Waals surface area (Å²) in [5.41, 5.74) is 2.45. The zero-order valence-electron chi connectivity index (χ0n) is 24.7. The summed E-state index contributed by atoms with van der Waals surface area (Å²) in [5, 5.41) is 0. The molecule has 0 bridgehead atoms. The quantitative estimate of drug-likeness (QED) is 0.0808. The number of ether oxygens (including phenoxy) is 5. The summed E-state index contributed by atoms with van der Waals surface area (Å²) in [6.45, 7) is 7.50. The fourth-order valence-corrected chi connectivity index (χ4v) is 4.82. The largest absolute Gasteiger partial charge is 0.463 e. The Morgan fingerprint density at radius 2 is 1.02 bits per heavy atom. The van der Waals surface area contributed by atoms with Gasteiger partial charge in [0, 0.05) is 0 Å². The number of unbranched alkanes of at least 4 members (excludes halogenated alkanes) is 1. The first kappa shape index (κ1) is 32.5. The van der Waals surface area contributed by atoms with Crippen molar-refractivity contribution in [2.75, 3.05) is 52.9 Å². The Kier molecular flexibility index (Phi) is 15.2. The van der Waals surface area contributed by atoms with Crippen molar-refractivity contribution in [1.29, 1.82) is 0 Å². The molecule has 1 unspecified atom stereocenters. The van der Waals surface area contributed by atoms with Crippen LogP contribution in [0.3, 0.4) is 0 Å². The summed E-state index contributed by atoms with van der Waals surface area (Å²) in [6.07, 6.45) is 3.84. The minimum absolute atomic E-state index is 0.00452. The van der Waals surface area contributed by atoms with Crippen LogP contribution in [0.5, 0.6) is 0 Å². The minimum Gasteiger partial charge on any atom is -0.463 e. The van der Waals surface area contributed by atoms with Crippen molar-refractivity contribution >= 4 is 5.97 Å². The van der Waals surface area contributed by atoms with Gasteiger partial charge in [-0.1, -0.05) is 118 Å². The summed E-state index contributed by atoms with van der Waals surface area (Å²) in [6, 6.07) is 30.9. The second kappa shape index (κ2) is 19.2. The topological polar surface area (TPSA) is 63.2 Å².